The number of thiocarbonyl (C=S) groups is 1. The van der Waals surface area contributed by atoms with Crippen LogP contribution in [-0.4, -0.2) is 54.1 Å². The SMILES string of the molecule is COc1cc(OC)c(OC)cc1/C=C1/SC(=S)N(CC(=O)O)C1=O. The standard InChI is InChI=1S/C15H15NO6S2/c1-20-9-6-11(22-3)10(21-2)4-8(9)5-12-14(19)16(7-13(17)18)15(23)24-12/h4-6H,7H2,1-3H3,(H,17,18)/b12-5+. The number of amides is 1. The molecule has 0 radical (unpaired) electrons. The first-order valence-corrected chi connectivity index (χ1v) is 7.91. The number of rotatable bonds is 6. The maximum atomic E-state index is 12.3. The zero-order valence-electron chi connectivity index (χ0n) is 13.2. The van der Waals surface area contributed by atoms with Crippen molar-refractivity contribution >= 4 is 46.3 Å². The highest BCUT2D eigenvalue weighted by Crippen LogP contribution is 2.38. The number of nitrogens with zero attached hydrogens (tertiary/aromatic N) is 1. The number of methoxy groups -OCH3 is 3. The summed E-state index contributed by atoms with van der Waals surface area (Å²) in [4.78, 5) is 24.5. The molecular formula is C15H15NO6S2. The van der Waals surface area contributed by atoms with Crippen molar-refractivity contribution in [2.45, 2.75) is 0 Å². The zero-order valence-corrected chi connectivity index (χ0v) is 14.8. The van der Waals surface area contributed by atoms with Gasteiger partial charge >= 0.3 is 5.97 Å². The van der Waals surface area contributed by atoms with Crippen LogP contribution in [-0.2, 0) is 9.59 Å². The van der Waals surface area contributed by atoms with Gasteiger partial charge in [-0.25, -0.2) is 0 Å². The van der Waals surface area contributed by atoms with Gasteiger partial charge < -0.3 is 19.3 Å². The number of benzene rings is 1. The van der Waals surface area contributed by atoms with Crippen molar-refractivity contribution in [3.8, 4) is 17.2 Å². The van der Waals surface area contributed by atoms with E-state index in [1.165, 1.54) is 21.3 Å². The third kappa shape index (κ3) is 3.62. The molecule has 128 valence electrons. The summed E-state index contributed by atoms with van der Waals surface area (Å²) in [6.07, 6.45) is 1.59. The van der Waals surface area contributed by atoms with Gasteiger partial charge in [-0.1, -0.05) is 24.0 Å². The molecule has 1 amide bonds. The van der Waals surface area contributed by atoms with Crippen LogP contribution in [0.3, 0.4) is 0 Å². The third-order valence-electron chi connectivity index (χ3n) is 3.19. The van der Waals surface area contributed by atoms with Crippen molar-refractivity contribution in [1.29, 1.82) is 0 Å². The molecule has 1 aliphatic rings. The second kappa shape index (κ2) is 7.54. The van der Waals surface area contributed by atoms with E-state index >= 15 is 0 Å². The summed E-state index contributed by atoms with van der Waals surface area (Å²) in [5.41, 5.74) is 0.589. The van der Waals surface area contributed by atoms with Gasteiger partial charge in [0.05, 0.1) is 26.2 Å². The van der Waals surface area contributed by atoms with Crippen molar-refractivity contribution in [2.24, 2.45) is 0 Å². The number of aliphatic carboxylic acids is 1. The van der Waals surface area contributed by atoms with Crippen molar-refractivity contribution in [3.63, 3.8) is 0 Å². The molecule has 2 rings (SSSR count). The fraction of sp³-hybridized carbons (Fsp3) is 0.267. The molecule has 0 bridgehead atoms. The lowest BCUT2D eigenvalue weighted by molar-refractivity contribution is -0.140. The van der Waals surface area contributed by atoms with E-state index in [1.54, 1.807) is 18.2 Å². The fourth-order valence-electron chi connectivity index (χ4n) is 2.08. The van der Waals surface area contributed by atoms with Gasteiger partial charge in [0.25, 0.3) is 5.91 Å². The lowest BCUT2D eigenvalue weighted by Crippen LogP contribution is -2.33. The Labute approximate surface area is 148 Å². The minimum absolute atomic E-state index is 0.202. The number of carbonyl (C=O) groups is 2. The van der Waals surface area contributed by atoms with E-state index in [9.17, 15) is 9.59 Å². The van der Waals surface area contributed by atoms with Gasteiger partial charge in [0.2, 0.25) is 0 Å². The molecule has 1 fully saturated rings. The summed E-state index contributed by atoms with van der Waals surface area (Å²) >= 11 is 6.11. The number of hydrogen-bond donors (Lipinski definition) is 1. The normalized spacial score (nSPS) is 15.8. The minimum atomic E-state index is -1.13. The van der Waals surface area contributed by atoms with E-state index in [0.717, 1.165) is 16.7 Å². The number of hydrogen-bond acceptors (Lipinski definition) is 7. The molecule has 1 aromatic carbocycles. The Bertz CT molecular complexity index is 731. The van der Waals surface area contributed by atoms with Gasteiger partial charge in [0.15, 0.2) is 11.5 Å². The number of carboxylic acid groups (broad SMARTS) is 1. The monoisotopic (exact) mass is 369 g/mol. The number of carbonyl (C=O) groups excluding carboxylic acids is 1. The molecule has 7 nitrogen and oxygen atoms in total. The van der Waals surface area contributed by atoms with Crippen LogP contribution in [0.1, 0.15) is 5.56 Å². The first-order chi connectivity index (χ1) is 11.4. The Morgan fingerprint density at radius 2 is 1.79 bits per heavy atom. The van der Waals surface area contributed by atoms with Crippen molar-refractivity contribution in [3.05, 3.63) is 22.6 Å². The molecule has 1 N–H and O–H groups in total. The van der Waals surface area contributed by atoms with E-state index < -0.39 is 18.4 Å². The molecule has 1 saturated heterocycles. The maximum Gasteiger partial charge on any atom is 0.323 e. The van der Waals surface area contributed by atoms with Crippen LogP contribution < -0.4 is 14.2 Å². The summed E-state index contributed by atoms with van der Waals surface area (Å²) < 4.78 is 16.0. The molecule has 0 unspecified atom stereocenters. The third-order valence-corrected chi connectivity index (χ3v) is 4.57. The van der Waals surface area contributed by atoms with Gasteiger partial charge in [-0.2, -0.15) is 0 Å². The Morgan fingerprint density at radius 1 is 1.21 bits per heavy atom. The van der Waals surface area contributed by atoms with E-state index in [4.69, 9.17) is 31.5 Å². The van der Waals surface area contributed by atoms with Gasteiger partial charge in [-0.15, -0.1) is 0 Å². The Hall–Kier alpha value is -2.26. The highest BCUT2D eigenvalue weighted by atomic mass is 32.2. The van der Waals surface area contributed by atoms with Crippen LogP contribution in [0.4, 0.5) is 0 Å². The first kappa shape index (κ1) is 18.1. The topological polar surface area (TPSA) is 85.3 Å². The molecule has 9 heteroatoms. The summed E-state index contributed by atoms with van der Waals surface area (Å²) in [5.74, 6) is -0.132. The molecule has 0 aliphatic carbocycles. The second-order valence-electron chi connectivity index (χ2n) is 4.61. The van der Waals surface area contributed by atoms with Crippen molar-refractivity contribution in [1.82, 2.24) is 4.90 Å². The summed E-state index contributed by atoms with van der Waals surface area (Å²) in [7, 11) is 4.50. The van der Waals surface area contributed by atoms with Crippen LogP contribution >= 0.6 is 24.0 Å². The summed E-state index contributed by atoms with van der Waals surface area (Å²) in [6.45, 7) is -0.467. The lowest BCUT2D eigenvalue weighted by Gasteiger charge is -2.12. The molecular weight excluding hydrogens is 354 g/mol. The van der Waals surface area contributed by atoms with Crippen LogP contribution in [0, 0.1) is 0 Å². The predicted octanol–water partition coefficient (Wildman–Crippen LogP) is 2.00. The molecule has 0 saturated carbocycles. The summed E-state index contributed by atoms with van der Waals surface area (Å²) in [6, 6.07) is 3.31. The fourth-order valence-corrected chi connectivity index (χ4v) is 3.32. The minimum Gasteiger partial charge on any atom is -0.496 e. The quantitative estimate of drug-likeness (QED) is 0.602. The number of ether oxygens (including phenoxy) is 3. The van der Waals surface area contributed by atoms with Crippen LogP contribution in [0.5, 0.6) is 17.2 Å². The average Bonchev–Trinajstić information content (AvgIpc) is 2.81. The highest BCUT2D eigenvalue weighted by Gasteiger charge is 2.33. The van der Waals surface area contributed by atoms with Gasteiger partial charge in [-0.05, 0) is 12.1 Å². The molecule has 1 aromatic rings. The van der Waals surface area contributed by atoms with Gasteiger partial charge in [0, 0.05) is 11.6 Å². The molecule has 0 atom stereocenters. The Balaban J connectivity index is 2.42. The first-order valence-electron chi connectivity index (χ1n) is 6.68. The van der Waals surface area contributed by atoms with Crippen molar-refractivity contribution < 1.29 is 28.9 Å². The van der Waals surface area contributed by atoms with Gasteiger partial charge in [-0.3, -0.25) is 14.5 Å². The average molecular weight is 369 g/mol. The maximum absolute atomic E-state index is 12.3. The van der Waals surface area contributed by atoms with Gasteiger partial charge in [0.1, 0.15) is 16.6 Å². The smallest absolute Gasteiger partial charge is 0.323 e. The predicted molar refractivity (Wildman–Crippen MR) is 93.6 cm³/mol. The van der Waals surface area contributed by atoms with E-state index in [0.29, 0.717) is 27.7 Å². The Morgan fingerprint density at radius 3 is 2.33 bits per heavy atom. The largest absolute Gasteiger partial charge is 0.496 e. The molecule has 24 heavy (non-hydrogen) atoms. The van der Waals surface area contributed by atoms with Crippen LogP contribution in [0.25, 0.3) is 6.08 Å². The summed E-state index contributed by atoms with van der Waals surface area (Å²) in [5, 5.41) is 8.86. The molecule has 1 aliphatic heterocycles. The molecule has 1 heterocycles. The second-order valence-corrected chi connectivity index (χ2v) is 6.29. The zero-order chi connectivity index (χ0) is 17.9. The highest BCUT2D eigenvalue weighted by molar-refractivity contribution is 8.26. The van der Waals surface area contributed by atoms with Crippen LogP contribution in [0.2, 0.25) is 0 Å². The molecule has 0 spiro atoms. The lowest BCUT2D eigenvalue weighted by atomic mass is 10.1. The van der Waals surface area contributed by atoms with E-state index in [1.807, 2.05) is 0 Å². The van der Waals surface area contributed by atoms with E-state index in [-0.39, 0.29) is 4.32 Å². The van der Waals surface area contributed by atoms with E-state index in [2.05, 4.69) is 0 Å². The van der Waals surface area contributed by atoms with Crippen LogP contribution in [0.15, 0.2) is 17.0 Å². The Kier molecular flexibility index (Phi) is 5.68. The molecule has 0 aromatic heterocycles. The number of carboxylic acids is 1. The van der Waals surface area contributed by atoms with Crippen molar-refractivity contribution in [2.75, 3.05) is 27.9 Å². The number of thioether (sulfide) groups is 1.